The first-order valence-electron chi connectivity index (χ1n) is 8.08. The summed E-state index contributed by atoms with van der Waals surface area (Å²) in [5, 5.41) is 3.62. The molecule has 0 aromatic heterocycles. The lowest BCUT2D eigenvalue weighted by Gasteiger charge is -2.08. The average Bonchev–Trinajstić information content (AvgIpc) is 2.63. The number of rotatable bonds is 9. The van der Waals surface area contributed by atoms with E-state index in [-0.39, 0.29) is 19.6 Å². The van der Waals surface area contributed by atoms with E-state index >= 15 is 0 Å². The first kappa shape index (κ1) is 20.1. The van der Waals surface area contributed by atoms with E-state index in [1.807, 2.05) is 30.3 Å². The third kappa shape index (κ3) is 7.33. The molecule has 26 heavy (non-hydrogen) atoms. The zero-order chi connectivity index (χ0) is 18.8. The molecule has 0 unspecified atom stereocenters. The molecule has 0 atom stereocenters. The van der Waals surface area contributed by atoms with Gasteiger partial charge in [0.1, 0.15) is 5.75 Å². The minimum Gasteiger partial charge on any atom is -0.494 e. The van der Waals surface area contributed by atoms with Crippen molar-refractivity contribution in [3.8, 4) is 5.75 Å². The molecule has 5 nitrogen and oxygen atoms in total. The van der Waals surface area contributed by atoms with Crippen LogP contribution in [0.25, 0.3) is 0 Å². The van der Waals surface area contributed by atoms with Crippen LogP contribution in [0, 0.1) is 0 Å². The van der Waals surface area contributed by atoms with E-state index < -0.39 is 11.9 Å². The Morgan fingerprint density at radius 2 is 1.81 bits per heavy atom. The van der Waals surface area contributed by atoms with Gasteiger partial charge in [0.2, 0.25) is 0 Å². The molecule has 2 aromatic carbocycles. The highest BCUT2D eigenvalue weighted by molar-refractivity contribution is 6.35. The fraction of sp³-hybridized carbons (Fsp3) is 0.263. The molecule has 0 aliphatic carbocycles. The molecule has 1 N–H and O–H groups in total. The molecule has 0 radical (unpaired) electrons. The molecule has 0 saturated carbocycles. The highest BCUT2D eigenvalue weighted by Crippen LogP contribution is 2.20. The van der Waals surface area contributed by atoms with Gasteiger partial charge in [0.15, 0.2) is 6.61 Å². The highest BCUT2D eigenvalue weighted by Gasteiger charge is 2.09. The molecule has 0 heterocycles. The monoisotopic (exact) mass is 395 g/mol. The number of carbonyl (C=O) groups is 2. The van der Waals surface area contributed by atoms with E-state index in [0.717, 1.165) is 11.3 Å². The number of carbonyl (C=O) groups excluding carboxylic acids is 2. The predicted molar refractivity (Wildman–Crippen MR) is 100 cm³/mol. The Morgan fingerprint density at radius 3 is 2.54 bits per heavy atom. The van der Waals surface area contributed by atoms with Crippen LogP contribution in [0.2, 0.25) is 10.0 Å². The molecule has 0 aliphatic heterocycles. The Morgan fingerprint density at radius 1 is 1.04 bits per heavy atom. The molecule has 0 bridgehead atoms. The van der Waals surface area contributed by atoms with Gasteiger partial charge in [-0.1, -0.05) is 47.5 Å². The maximum Gasteiger partial charge on any atom is 0.306 e. The topological polar surface area (TPSA) is 64.6 Å². The number of esters is 1. The van der Waals surface area contributed by atoms with Crippen LogP contribution in [-0.4, -0.2) is 25.1 Å². The van der Waals surface area contributed by atoms with Gasteiger partial charge in [0.25, 0.3) is 5.91 Å². The van der Waals surface area contributed by atoms with Crippen LogP contribution >= 0.6 is 23.2 Å². The summed E-state index contributed by atoms with van der Waals surface area (Å²) in [6.45, 7) is 0.307. The molecule has 2 aromatic rings. The molecule has 1 amide bonds. The summed E-state index contributed by atoms with van der Waals surface area (Å²) in [6, 6.07) is 14.3. The van der Waals surface area contributed by atoms with Crippen LogP contribution in [0.15, 0.2) is 48.5 Å². The van der Waals surface area contributed by atoms with E-state index in [2.05, 4.69) is 5.32 Å². The third-order valence-electron chi connectivity index (χ3n) is 3.39. The molecule has 2 rings (SSSR count). The molecular formula is C19H19Cl2NO4. The Kier molecular flexibility index (Phi) is 8.25. The summed E-state index contributed by atoms with van der Waals surface area (Å²) in [6.07, 6.45) is 0.693. The van der Waals surface area contributed by atoms with Crippen LogP contribution < -0.4 is 10.1 Å². The Hall–Kier alpha value is -2.24. The van der Waals surface area contributed by atoms with Gasteiger partial charge in [-0.3, -0.25) is 9.59 Å². The fourth-order valence-electron chi connectivity index (χ4n) is 2.05. The lowest BCUT2D eigenvalue weighted by molar-refractivity contribution is -0.148. The van der Waals surface area contributed by atoms with Crippen molar-refractivity contribution in [3.63, 3.8) is 0 Å². The second-order valence-electron chi connectivity index (χ2n) is 5.44. The highest BCUT2D eigenvalue weighted by atomic mass is 35.5. The van der Waals surface area contributed by atoms with Gasteiger partial charge < -0.3 is 14.8 Å². The smallest absolute Gasteiger partial charge is 0.306 e. The van der Waals surface area contributed by atoms with Gasteiger partial charge in [0, 0.05) is 23.0 Å². The van der Waals surface area contributed by atoms with E-state index in [1.54, 1.807) is 18.2 Å². The fourth-order valence-corrected chi connectivity index (χ4v) is 2.53. The second kappa shape index (κ2) is 10.7. The standard InChI is InChI=1S/C19H19Cl2NO4/c20-15-9-8-14(17(21)11-15)12-22-18(23)13-26-19(24)7-4-10-25-16-5-2-1-3-6-16/h1-3,5-6,8-9,11H,4,7,10,12-13H2,(H,22,23). The number of benzene rings is 2. The predicted octanol–water partition coefficient (Wildman–Crippen LogP) is 4.01. The maximum atomic E-state index is 11.7. The van der Waals surface area contributed by atoms with Gasteiger partial charge in [-0.05, 0) is 36.2 Å². The zero-order valence-corrected chi connectivity index (χ0v) is 15.6. The summed E-state index contributed by atoms with van der Waals surface area (Å²) in [5.41, 5.74) is 0.730. The second-order valence-corrected chi connectivity index (χ2v) is 6.28. The van der Waals surface area contributed by atoms with Crippen LogP contribution in [0.1, 0.15) is 18.4 Å². The first-order valence-corrected chi connectivity index (χ1v) is 8.84. The van der Waals surface area contributed by atoms with Crippen molar-refractivity contribution in [1.82, 2.24) is 5.32 Å². The van der Waals surface area contributed by atoms with Crippen molar-refractivity contribution < 1.29 is 19.1 Å². The molecule has 0 fully saturated rings. The van der Waals surface area contributed by atoms with Crippen molar-refractivity contribution in [1.29, 1.82) is 0 Å². The van der Waals surface area contributed by atoms with Crippen molar-refractivity contribution >= 4 is 35.1 Å². The quantitative estimate of drug-likeness (QED) is 0.514. The summed E-state index contributed by atoms with van der Waals surface area (Å²) in [4.78, 5) is 23.4. The minimum absolute atomic E-state index is 0.184. The third-order valence-corrected chi connectivity index (χ3v) is 3.98. The lowest BCUT2D eigenvalue weighted by atomic mass is 10.2. The van der Waals surface area contributed by atoms with Gasteiger partial charge in [-0.2, -0.15) is 0 Å². The van der Waals surface area contributed by atoms with Crippen LogP contribution in [-0.2, 0) is 20.9 Å². The van der Waals surface area contributed by atoms with Crippen LogP contribution in [0.4, 0.5) is 0 Å². The van der Waals surface area contributed by atoms with E-state index in [4.69, 9.17) is 32.7 Å². The molecule has 0 spiro atoms. The molecule has 0 saturated heterocycles. The van der Waals surface area contributed by atoms with E-state index in [9.17, 15) is 9.59 Å². The first-order chi connectivity index (χ1) is 12.5. The van der Waals surface area contributed by atoms with E-state index in [1.165, 1.54) is 0 Å². The van der Waals surface area contributed by atoms with Gasteiger partial charge in [-0.15, -0.1) is 0 Å². The van der Waals surface area contributed by atoms with Crippen LogP contribution in [0.5, 0.6) is 5.75 Å². The Bertz CT molecular complexity index is 738. The number of halogens is 2. The number of hydrogen-bond donors (Lipinski definition) is 1. The summed E-state index contributed by atoms with van der Waals surface area (Å²) < 4.78 is 10.4. The van der Waals surface area contributed by atoms with Gasteiger partial charge >= 0.3 is 5.97 Å². The van der Waals surface area contributed by atoms with Gasteiger partial charge in [-0.25, -0.2) is 0 Å². The average molecular weight is 396 g/mol. The molecule has 7 heteroatoms. The Labute approximate surface area is 162 Å². The minimum atomic E-state index is -0.443. The van der Waals surface area contributed by atoms with Crippen molar-refractivity contribution in [3.05, 3.63) is 64.1 Å². The number of para-hydroxylation sites is 1. The lowest BCUT2D eigenvalue weighted by Crippen LogP contribution is -2.28. The molecular weight excluding hydrogens is 377 g/mol. The van der Waals surface area contributed by atoms with Crippen LogP contribution in [0.3, 0.4) is 0 Å². The Balaban J connectivity index is 1.58. The largest absolute Gasteiger partial charge is 0.494 e. The summed E-state index contributed by atoms with van der Waals surface area (Å²) in [7, 11) is 0. The van der Waals surface area contributed by atoms with Gasteiger partial charge in [0.05, 0.1) is 6.61 Å². The van der Waals surface area contributed by atoms with Crippen molar-refractivity contribution in [2.75, 3.05) is 13.2 Å². The number of amides is 1. The number of hydrogen-bond acceptors (Lipinski definition) is 4. The normalized spacial score (nSPS) is 10.2. The van der Waals surface area contributed by atoms with Crippen molar-refractivity contribution in [2.45, 2.75) is 19.4 Å². The maximum absolute atomic E-state index is 11.7. The SMILES string of the molecule is O=C(COC(=O)CCCOc1ccccc1)NCc1ccc(Cl)cc1Cl. The number of nitrogens with one attached hydrogen (secondary N) is 1. The number of ether oxygens (including phenoxy) is 2. The van der Waals surface area contributed by atoms with E-state index in [0.29, 0.717) is 23.1 Å². The summed E-state index contributed by atoms with van der Waals surface area (Å²) in [5.74, 6) is -0.0904. The van der Waals surface area contributed by atoms with Crippen molar-refractivity contribution in [2.24, 2.45) is 0 Å². The zero-order valence-electron chi connectivity index (χ0n) is 14.0. The molecule has 138 valence electrons. The molecule has 0 aliphatic rings. The summed E-state index contributed by atoms with van der Waals surface area (Å²) >= 11 is 11.8.